The van der Waals surface area contributed by atoms with Crippen LogP contribution in [0.1, 0.15) is 52.4 Å². The number of hydrogen-bond acceptors (Lipinski definition) is 3. The zero-order valence-electron chi connectivity index (χ0n) is 10.7. The largest absolute Gasteiger partial charge is 0.409 e. The number of hydrogen-bond donors (Lipinski definition) is 3. The first kappa shape index (κ1) is 13.8. The van der Waals surface area contributed by atoms with Crippen molar-refractivity contribution in [1.82, 2.24) is 5.32 Å². The molecule has 1 aliphatic rings. The smallest absolute Gasteiger partial charge is 0.220 e. The second-order valence-corrected chi connectivity index (χ2v) is 5.05. The van der Waals surface area contributed by atoms with Gasteiger partial charge in [-0.25, -0.2) is 0 Å². The second kappa shape index (κ2) is 5.89. The lowest BCUT2D eigenvalue weighted by Crippen LogP contribution is -2.59. The SMILES string of the molecule is CCCC(=O)NC1(/C(N)=N/O)CCC(C)CC1. The molecule has 1 amide bonds. The Morgan fingerprint density at radius 2 is 2.12 bits per heavy atom. The summed E-state index contributed by atoms with van der Waals surface area (Å²) < 4.78 is 0. The summed E-state index contributed by atoms with van der Waals surface area (Å²) in [6.07, 6.45) is 4.76. The van der Waals surface area contributed by atoms with Gasteiger partial charge in [0.2, 0.25) is 5.91 Å². The molecule has 0 aromatic carbocycles. The summed E-state index contributed by atoms with van der Waals surface area (Å²) >= 11 is 0. The van der Waals surface area contributed by atoms with Crippen LogP contribution >= 0.6 is 0 Å². The molecule has 0 bridgehead atoms. The predicted molar refractivity (Wildman–Crippen MR) is 66.8 cm³/mol. The lowest BCUT2D eigenvalue weighted by molar-refractivity contribution is -0.122. The standard InChI is InChI=1S/C12H23N3O2/c1-3-4-10(16)14-12(11(13)15-17)7-5-9(2)6-8-12/h9,17H,3-8H2,1-2H3,(H2,13,15)(H,14,16). The van der Waals surface area contributed by atoms with Crippen molar-refractivity contribution in [2.75, 3.05) is 0 Å². The van der Waals surface area contributed by atoms with Crippen LogP contribution in [-0.2, 0) is 4.79 Å². The quantitative estimate of drug-likeness (QED) is 0.302. The van der Waals surface area contributed by atoms with Gasteiger partial charge in [-0.1, -0.05) is 19.0 Å². The molecule has 0 aliphatic heterocycles. The maximum Gasteiger partial charge on any atom is 0.220 e. The topological polar surface area (TPSA) is 87.7 Å². The van der Waals surface area contributed by atoms with E-state index in [1.165, 1.54) is 0 Å². The third-order valence-corrected chi connectivity index (χ3v) is 3.58. The van der Waals surface area contributed by atoms with Crippen LogP contribution in [0.15, 0.2) is 5.16 Å². The van der Waals surface area contributed by atoms with Gasteiger partial charge < -0.3 is 16.3 Å². The van der Waals surface area contributed by atoms with E-state index in [9.17, 15) is 4.79 Å². The molecule has 1 saturated carbocycles. The molecular weight excluding hydrogens is 218 g/mol. The molecule has 0 spiro atoms. The Labute approximate surface area is 102 Å². The van der Waals surface area contributed by atoms with E-state index in [0.717, 1.165) is 32.1 Å². The molecular formula is C12H23N3O2. The first-order chi connectivity index (χ1) is 8.04. The van der Waals surface area contributed by atoms with Crippen molar-refractivity contribution in [2.24, 2.45) is 16.8 Å². The number of rotatable bonds is 4. The second-order valence-electron chi connectivity index (χ2n) is 5.05. The van der Waals surface area contributed by atoms with Gasteiger partial charge >= 0.3 is 0 Å². The zero-order chi connectivity index (χ0) is 12.9. The summed E-state index contributed by atoms with van der Waals surface area (Å²) in [6.45, 7) is 4.14. The van der Waals surface area contributed by atoms with Crippen LogP contribution in [0, 0.1) is 5.92 Å². The minimum absolute atomic E-state index is 0.0198. The number of amides is 1. The first-order valence-corrected chi connectivity index (χ1v) is 6.33. The third-order valence-electron chi connectivity index (χ3n) is 3.58. The number of carbonyl (C=O) groups excluding carboxylic acids is 1. The molecule has 0 atom stereocenters. The average Bonchev–Trinajstić information content (AvgIpc) is 2.31. The van der Waals surface area contributed by atoms with Crippen LogP contribution in [0.5, 0.6) is 0 Å². The lowest BCUT2D eigenvalue weighted by Gasteiger charge is -2.39. The molecule has 98 valence electrons. The van der Waals surface area contributed by atoms with Gasteiger partial charge in [-0.2, -0.15) is 0 Å². The fourth-order valence-corrected chi connectivity index (χ4v) is 2.35. The lowest BCUT2D eigenvalue weighted by atomic mass is 9.76. The molecule has 1 aliphatic carbocycles. The monoisotopic (exact) mass is 241 g/mol. The Morgan fingerprint density at radius 3 is 2.59 bits per heavy atom. The van der Waals surface area contributed by atoms with Crippen molar-refractivity contribution in [3.8, 4) is 0 Å². The van der Waals surface area contributed by atoms with Crippen molar-refractivity contribution in [2.45, 2.75) is 57.9 Å². The number of amidine groups is 1. The molecule has 17 heavy (non-hydrogen) atoms. The molecule has 0 heterocycles. The minimum atomic E-state index is -0.631. The van der Waals surface area contributed by atoms with Crippen molar-refractivity contribution in [1.29, 1.82) is 0 Å². The highest BCUT2D eigenvalue weighted by Gasteiger charge is 2.39. The fraction of sp³-hybridized carbons (Fsp3) is 0.833. The van der Waals surface area contributed by atoms with Crippen molar-refractivity contribution in [3.05, 3.63) is 0 Å². The summed E-state index contributed by atoms with van der Waals surface area (Å²) in [5.41, 5.74) is 5.13. The maximum absolute atomic E-state index is 11.7. The molecule has 5 heteroatoms. The third kappa shape index (κ3) is 3.35. The van der Waals surface area contributed by atoms with Gasteiger partial charge in [-0.05, 0) is 38.0 Å². The van der Waals surface area contributed by atoms with E-state index in [1.807, 2.05) is 6.92 Å². The molecule has 0 radical (unpaired) electrons. The molecule has 0 saturated heterocycles. The number of oxime groups is 1. The normalized spacial score (nSPS) is 30.0. The summed E-state index contributed by atoms with van der Waals surface area (Å²) in [5, 5.41) is 14.9. The number of nitrogens with two attached hydrogens (primary N) is 1. The molecule has 0 aromatic rings. The van der Waals surface area contributed by atoms with Crippen LogP contribution in [0.3, 0.4) is 0 Å². The van der Waals surface area contributed by atoms with E-state index < -0.39 is 5.54 Å². The van der Waals surface area contributed by atoms with Gasteiger partial charge in [0, 0.05) is 6.42 Å². The average molecular weight is 241 g/mol. The van der Waals surface area contributed by atoms with Crippen molar-refractivity contribution < 1.29 is 10.0 Å². The van der Waals surface area contributed by atoms with E-state index in [4.69, 9.17) is 10.9 Å². The summed E-state index contributed by atoms with van der Waals surface area (Å²) in [5.74, 6) is 0.750. The molecule has 1 fully saturated rings. The van der Waals surface area contributed by atoms with Crippen LogP contribution in [0.2, 0.25) is 0 Å². The fourth-order valence-electron chi connectivity index (χ4n) is 2.35. The van der Waals surface area contributed by atoms with Gasteiger partial charge in [0.05, 0.1) is 0 Å². The van der Waals surface area contributed by atoms with E-state index in [0.29, 0.717) is 12.3 Å². The van der Waals surface area contributed by atoms with Gasteiger partial charge in [0.15, 0.2) is 5.84 Å². The molecule has 0 unspecified atom stereocenters. The number of nitrogens with zero attached hydrogens (tertiary/aromatic N) is 1. The molecule has 4 N–H and O–H groups in total. The van der Waals surface area contributed by atoms with E-state index in [-0.39, 0.29) is 11.7 Å². The number of nitrogens with one attached hydrogen (secondary N) is 1. The minimum Gasteiger partial charge on any atom is -0.409 e. The Morgan fingerprint density at radius 1 is 1.53 bits per heavy atom. The highest BCUT2D eigenvalue weighted by atomic mass is 16.4. The van der Waals surface area contributed by atoms with Crippen molar-refractivity contribution in [3.63, 3.8) is 0 Å². The van der Waals surface area contributed by atoms with Crippen molar-refractivity contribution >= 4 is 11.7 Å². The Hall–Kier alpha value is -1.26. The Balaban J connectivity index is 2.77. The van der Waals surface area contributed by atoms with Crippen LogP contribution in [0.4, 0.5) is 0 Å². The summed E-state index contributed by atoms with van der Waals surface area (Å²) in [4.78, 5) is 11.7. The molecule has 1 rings (SSSR count). The van der Waals surface area contributed by atoms with Gasteiger partial charge in [-0.15, -0.1) is 0 Å². The zero-order valence-corrected chi connectivity index (χ0v) is 10.7. The maximum atomic E-state index is 11.7. The Bertz CT molecular complexity index is 294. The summed E-state index contributed by atoms with van der Waals surface area (Å²) in [6, 6.07) is 0. The van der Waals surface area contributed by atoms with Crippen LogP contribution in [-0.4, -0.2) is 22.5 Å². The van der Waals surface area contributed by atoms with E-state index in [2.05, 4.69) is 17.4 Å². The summed E-state index contributed by atoms with van der Waals surface area (Å²) in [7, 11) is 0. The van der Waals surface area contributed by atoms with Crippen LogP contribution in [0.25, 0.3) is 0 Å². The van der Waals surface area contributed by atoms with E-state index in [1.54, 1.807) is 0 Å². The first-order valence-electron chi connectivity index (χ1n) is 6.33. The number of carbonyl (C=O) groups is 1. The van der Waals surface area contributed by atoms with Gasteiger partial charge in [0.25, 0.3) is 0 Å². The highest BCUT2D eigenvalue weighted by molar-refractivity contribution is 5.94. The molecule has 0 aromatic heterocycles. The van der Waals surface area contributed by atoms with Crippen LogP contribution < -0.4 is 11.1 Å². The predicted octanol–water partition coefficient (Wildman–Crippen LogP) is 1.60. The highest BCUT2D eigenvalue weighted by Crippen LogP contribution is 2.32. The van der Waals surface area contributed by atoms with Gasteiger partial charge in [-0.3, -0.25) is 4.79 Å². The van der Waals surface area contributed by atoms with Gasteiger partial charge in [0.1, 0.15) is 5.54 Å². The Kier molecular flexibility index (Phi) is 4.78. The van der Waals surface area contributed by atoms with E-state index >= 15 is 0 Å². The molecule has 5 nitrogen and oxygen atoms in total.